The van der Waals surface area contributed by atoms with Crippen LogP contribution in [0.25, 0.3) is 5.69 Å². The molecule has 0 saturated carbocycles. The van der Waals surface area contributed by atoms with Gasteiger partial charge in [0.05, 0.1) is 6.67 Å². The molecule has 1 atom stereocenters. The number of rotatable bonds is 4. The van der Waals surface area contributed by atoms with Crippen LogP contribution in [0.15, 0.2) is 47.8 Å². The molecule has 0 spiro atoms. The summed E-state index contributed by atoms with van der Waals surface area (Å²) in [7, 11) is 0. The molecular formula is C18H20N4S2. The predicted molar refractivity (Wildman–Crippen MR) is 100 cm³/mol. The minimum Gasteiger partial charge on any atom is -0.276 e. The summed E-state index contributed by atoms with van der Waals surface area (Å²) in [6.07, 6.45) is 2.44. The first-order valence-electron chi connectivity index (χ1n) is 8.23. The minimum absolute atomic E-state index is 0.495. The van der Waals surface area contributed by atoms with Gasteiger partial charge in [0.1, 0.15) is 5.82 Å². The maximum atomic E-state index is 5.71. The van der Waals surface area contributed by atoms with Gasteiger partial charge in [-0.05, 0) is 55.6 Å². The lowest BCUT2D eigenvalue weighted by molar-refractivity contribution is 0.192. The van der Waals surface area contributed by atoms with Crippen LogP contribution in [0, 0.1) is 11.7 Å². The normalized spacial score (nSPS) is 18.3. The second-order valence-corrected chi connectivity index (χ2v) is 7.47. The van der Waals surface area contributed by atoms with Crippen LogP contribution in [-0.4, -0.2) is 25.8 Å². The van der Waals surface area contributed by atoms with Crippen molar-refractivity contribution in [2.24, 2.45) is 0 Å². The van der Waals surface area contributed by atoms with Gasteiger partial charge in [-0.2, -0.15) is 5.10 Å². The lowest BCUT2D eigenvalue weighted by atomic mass is 10.2. The molecule has 0 amide bonds. The molecule has 1 fully saturated rings. The van der Waals surface area contributed by atoms with Gasteiger partial charge < -0.3 is 0 Å². The Morgan fingerprint density at radius 2 is 2.04 bits per heavy atom. The first-order chi connectivity index (χ1) is 11.7. The molecule has 0 radical (unpaired) electrons. The van der Waals surface area contributed by atoms with E-state index in [0.29, 0.717) is 6.04 Å². The summed E-state index contributed by atoms with van der Waals surface area (Å²) in [6.45, 7) is 3.86. The van der Waals surface area contributed by atoms with Crippen LogP contribution in [0.4, 0.5) is 0 Å². The molecule has 124 valence electrons. The molecule has 3 aromatic rings. The quantitative estimate of drug-likeness (QED) is 0.641. The number of benzene rings is 1. The van der Waals surface area contributed by atoms with Crippen LogP contribution in [0.3, 0.4) is 0 Å². The Morgan fingerprint density at radius 3 is 2.79 bits per heavy atom. The maximum absolute atomic E-state index is 5.71. The van der Waals surface area contributed by atoms with E-state index >= 15 is 0 Å². The Hall–Kier alpha value is -1.76. The molecule has 1 aromatic carbocycles. The zero-order valence-electron chi connectivity index (χ0n) is 13.6. The number of hydrogen-bond donors (Lipinski definition) is 0. The van der Waals surface area contributed by atoms with E-state index in [-0.39, 0.29) is 0 Å². The third-order valence-electron chi connectivity index (χ3n) is 4.57. The third kappa shape index (κ3) is 2.85. The lowest BCUT2D eigenvalue weighted by Gasteiger charge is -2.23. The van der Waals surface area contributed by atoms with Gasteiger partial charge in [-0.15, -0.1) is 11.3 Å². The van der Waals surface area contributed by atoms with Crippen LogP contribution in [-0.2, 0) is 6.67 Å². The number of hydrogen-bond acceptors (Lipinski definition) is 4. The Bertz CT molecular complexity index is 864. The van der Waals surface area contributed by atoms with Gasteiger partial charge in [0.25, 0.3) is 0 Å². The van der Waals surface area contributed by atoms with Crippen molar-refractivity contribution < 1.29 is 0 Å². The van der Waals surface area contributed by atoms with E-state index in [1.807, 2.05) is 45.7 Å². The standard InChI is InChI=1S/C18H20N4S2/c1-14-19-21(18(23)22(14)15-7-3-2-4-8-15)13-20-11-5-9-16(20)17-10-6-12-24-17/h2-4,6-8,10,12,16H,5,9,11,13H2,1H3/t16-/m0/s1. The van der Waals surface area contributed by atoms with Gasteiger partial charge in [0.2, 0.25) is 4.77 Å². The Kier molecular flexibility index (Phi) is 4.35. The lowest BCUT2D eigenvalue weighted by Crippen LogP contribution is -2.26. The van der Waals surface area contributed by atoms with Crippen molar-refractivity contribution in [1.29, 1.82) is 0 Å². The van der Waals surface area contributed by atoms with E-state index in [2.05, 4.69) is 34.5 Å². The molecule has 4 nitrogen and oxygen atoms in total. The summed E-state index contributed by atoms with van der Waals surface area (Å²) < 4.78 is 4.77. The number of nitrogens with zero attached hydrogens (tertiary/aromatic N) is 4. The summed E-state index contributed by atoms with van der Waals surface area (Å²) in [4.78, 5) is 3.93. The molecule has 24 heavy (non-hydrogen) atoms. The van der Waals surface area contributed by atoms with Crippen molar-refractivity contribution in [3.05, 3.63) is 63.3 Å². The Morgan fingerprint density at radius 1 is 1.21 bits per heavy atom. The highest BCUT2D eigenvalue weighted by Gasteiger charge is 2.27. The summed E-state index contributed by atoms with van der Waals surface area (Å²) in [5.74, 6) is 0.929. The monoisotopic (exact) mass is 356 g/mol. The topological polar surface area (TPSA) is 26.0 Å². The average molecular weight is 357 g/mol. The van der Waals surface area contributed by atoms with Crippen LogP contribution in [0.5, 0.6) is 0 Å². The van der Waals surface area contributed by atoms with E-state index < -0.39 is 0 Å². The van der Waals surface area contributed by atoms with Crippen molar-refractivity contribution in [2.45, 2.75) is 32.5 Å². The molecule has 0 unspecified atom stereocenters. The molecule has 0 N–H and O–H groups in total. The van der Waals surface area contributed by atoms with Gasteiger partial charge in [-0.1, -0.05) is 24.3 Å². The zero-order chi connectivity index (χ0) is 16.5. The Labute approximate surface area is 151 Å². The SMILES string of the molecule is Cc1nn(CN2CCC[C@H]2c2cccs2)c(=S)n1-c1ccccc1. The molecule has 6 heteroatoms. The largest absolute Gasteiger partial charge is 0.276 e. The summed E-state index contributed by atoms with van der Waals surface area (Å²) >= 11 is 7.55. The molecule has 0 aliphatic carbocycles. The number of thiophene rings is 1. The second-order valence-electron chi connectivity index (χ2n) is 6.13. The molecule has 4 rings (SSSR count). The second kappa shape index (κ2) is 6.63. The van der Waals surface area contributed by atoms with E-state index in [9.17, 15) is 0 Å². The van der Waals surface area contributed by atoms with Gasteiger partial charge in [0, 0.05) is 23.2 Å². The molecule has 2 aromatic heterocycles. The molecule has 0 bridgehead atoms. The number of para-hydroxylation sites is 1. The van der Waals surface area contributed by atoms with Crippen molar-refractivity contribution in [3.63, 3.8) is 0 Å². The van der Waals surface area contributed by atoms with Gasteiger partial charge >= 0.3 is 0 Å². The third-order valence-corrected chi connectivity index (χ3v) is 5.93. The fourth-order valence-corrected chi connectivity index (χ4v) is 4.68. The van der Waals surface area contributed by atoms with Crippen LogP contribution in [0.1, 0.15) is 29.6 Å². The average Bonchev–Trinajstić information content (AvgIpc) is 3.30. The van der Waals surface area contributed by atoms with Crippen LogP contribution in [0.2, 0.25) is 0 Å². The van der Waals surface area contributed by atoms with Crippen molar-refractivity contribution >= 4 is 23.6 Å². The zero-order valence-corrected chi connectivity index (χ0v) is 15.3. The predicted octanol–water partition coefficient (Wildman–Crippen LogP) is 4.57. The van der Waals surface area contributed by atoms with E-state index in [1.54, 1.807) is 0 Å². The summed E-state index contributed by atoms with van der Waals surface area (Å²) in [6, 6.07) is 15.1. The van der Waals surface area contributed by atoms with Gasteiger partial charge in [-0.25, -0.2) is 4.68 Å². The van der Waals surface area contributed by atoms with Gasteiger partial charge in [-0.3, -0.25) is 9.47 Å². The fourth-order valence-electron chi connectivity index (χ4n) is 3.45. The first kappa shape index (κ1) is 15.7. The van der Waals surface area contributed by atoms with E-state index in [4.69, 9.17) is 17.3 Å². The number of likely N-dealkylation sites (tertiary alicyclic amines) is 1. The van der Waals surface area contributed by atoms with Crippen molar-refractivity contribution in [2.75, 3.05) is 6.54 Å². The highest BCUT2D eigenvalue weighted by molar-refractivity contribution is 7.71. The van der Waals surface area contributed by atoms with Crippen molar-refractivity contribution in [3.8, 4) is 5.69 Å². The van der Waals surface area contributed by atoms with Crippen molar-refractivity contribution in [1.82, 2.24) is 19.2 Å². The van der Waals surface area contributed by atoms with E-state index in [1.165, 1.54) is 17.7 Å². The highest BCUT2D eigenvalue weighted by atomic mass is 32.1. The fraction of sp³-hybridized carbons (Fsp3) is 0.333. The molecule has 3 heterocycles. The number of aromatic nitrogens is 3. The minimum atomic E-state index is 0.495. The van der Waals surface area contributed by atoms with Gasteiger partial charge in [0.15, 0.2) is 0 Å². The summed E-state index contributed by atoms with van der Waals surface area (Å²) in [5, 5.41) is 6.86. The maximum Gasteiger partial charge on any atom is 0.203 e. The highest BCUT2D eigenvalue weighted by Crippen LogP contribution is 2.34. The number of aryl methyl sites for hydroxylation is 1. The molecule has 1 aliphatic heterocycles. The smallest absolute Gasteiger partial charge is 0.203 e. The van der Waals surface area contributed by atoms with Crippen LogP contribution < -0.4 is 0 Å². The molecular weight excluding hydrogens is 336 g/mol. The molecule has 1 saturated heterocycles. The Balaban J connectivity index is 1.63. The summed E-state index contributed by atoms with van der Waals surface area (Å²) in [5.41, 5.74) is 1.07. The van der Waals surface area contributed by atoms with E-state index in [0.717, 1.165) is 29.5 Å². The molecule has 1 aliphatic rings. The first-order valence-corrected chi connectivity index (χ1v) is 9.52. The van der Waals surface area contributed by atoms with Crippen LogP contribution >= 0.6 is 23.6 Å².